The molecule has 0 radical (unpaired) electrons. The molecule has 1 atom stereocenters. The van der Waals surface area contributed by atoms with Crippen LogP contribution in [0.2, 0.25) is 0 Å². The van der Waals surface area contributed by atoms with Crippen LogP contribution < -0.4 is 10.2 Å². The monoisotopic (exact) mass is 520 g/mol. The summed E-state index contributed by atoms with van der Waals surface area (Å²) in [5, 5.41) is 12.7. The first-order chi connectivity index (χ1) is 17.0. The van der Waals surface area contributed by atoms with E-state index < -0.39 is 17.7 Å². The molecule has 0 amide bonds. The lowest BCUT2D eigenvalue weighted by Gasteiger charge is -2.42. The predicted octanol–water partition coefficient (Wildman–Crippen LogP) is 5.86. The summed E-state index contributed by atoms with van der Waals surface area (Å²) in [5.74, 6) is -0.454. The molecule has 2 N–H and O–H groups in total. The van der Waals surface area contributed by atoms with E-state index in [2.05, 4.69) is 40.0 Å². The number of carboxylic acid groups (broad SMARTS) is 1. The fraction of sp³-hybridized carbons (Fsp3) is 0.462. The number of rotatable bonds is 8. The number of carboxylic acids is 1. The van der Waals surface area contributed by atoms with Crippen LogP contribution in [-0.2, 0) is 17.5 Å². The maximum atomic E-state index is 13.2. The molecule has 0 unspecified atom stereocenters. The number of fused-ring (bicyclic) bond motifs is 1. The highest BCUT2D eigenvalue weighted by Crippen LogP contribution is 2.37. The predicted molar refractivity (Wildman–Crippen MR) is 138 cm³/mol. The van der Waals surface area contributed by atoms with E-state index in [-0.39, 0.29) is 12.6 Å². The number of thiazole rings is 1. The van der Waals surface area contributed by atoms with Gasteiger partial charge < -0.3 is 15.3 Å². The van der Waals surface area contributed by atoms with Crippen LogP contribution in [0.5, 0.6) is 0 Å². The molecule has 2 heterocycles. The first-order valence-electron chi connectivity index (χ1n) is 12.0. The van der Waals surface area contributed by atoms with Gasteiger partial charge >= 0.3 is 12.1 Å². The number of piperazine rings is 1. The largest absolute Gasteiger partial charge is 0.480 e. The number of nitrogens with zero attached hydrogens (tertiary/aromatic N) is 3. The average Bonchev–Trinajstić information content (AvgIpc) is 3.19. The van der Waals surface area contributed by atoms with Gasteiger partial charge in [-0.2, -0.15) is 13.2 Å². The van der Waals surface area contributed by atoms with Crippen molar-refractivity contribution in [1.82, 2.24) is 9.88 Å². The van der Waals surface area contributed by atoms with E-state index in [0.717, 1.165) is 60.6 Å². The number of alkyl halides is 3. The molecule has 194 valence electrons. The zero-order chi connectivity index (χ0) is 26.0. The molecule has 1 fully saturated rings. The Hall–Kier alpha value is -2.85. The third kappa shape index (κ3) is 6.47. The highest BCUT2D eigenvalue weighted by molar-refractivity contribution is 7.22. The fourth-order valence-electron chi connectivity index (χ4n) is 4.76. The Morgan fingerprint density at radius 2 is 2.00 bits per heavy atom. The van der Waals surface area contributed by atoms with Gasteiger partial charge in [0, 0.05) is 37.9 Å². The molecule has 36 heavy (non-hydrogen) atoms. The van der Waals surface area contributed by atoms with Crippen molar-refractivity contribution in [3.05, 3.63) is 53.1 Å². The lowest BCUT2D eigenvalue weighted by Crippen LogP contribution is -2.53. The molecule has 4 rings (SSSR count). The molecule has 6 nitrogen and oxygen atoms in total. The number of hydrogen-bond acceptors (Lipinski definition) is 6. The highest BCUT2D eigenvalue weighted by atomic mass is 32.1. The molecule has 0 aliphatic carbocycles. The number of anilines is 2. The smallest absolute Gasteiger partial charge is 0.416 e. The van der Waals surface area contributed by atoms with Crippen LogP contribution in [0.1, 0.15) is 37.0 Å². The Balaban J connectivity index is 1.51. The second kappa shape index (κ2) is 10.6. The van der Waals surface area contributed by atoms with Crippen LogP contribution in [0.3, 0.4) is 0 Å². The summed E-state index contributed by atoms with van der Waals surface area (Å²) in [7, 11) is 0. The molecule has 1 saturated heterocycles. The van der Waals surface area contributed by atoms with Crippen molar-refractivity contribution in [2.24, 2.45) is 5.92 Å². The summed E-state index contributed by atoms with van der Waals surface area (Å²) in [6.45, 7) is 9.28. The van der Waals surface area contributed by atoms with Crippen molar-refractivity contribution in [2.45, 2.75) is 46.0 Å². The minimum Gasteiger partial charge on any atom is -0.480 e. The molecular formula is C26H31F3N4O2S. The summed E-state index contributed by atoms with van der Waals surface area (Å²) in [4.78, 5) is 20.2. The molecule has 3 aromatic rings. The number of nitrogens with one attached hydrogen (secondary N) is 1. The van der Waals surface area contributed by atoms with Crippen LogP contribution in [0.25, 0.3) is 10.2 Å². The van der Waals surface area contributed by atoms with E-state index in [0.29, 0.717) is 16.1 Å². The minimum atomic E-state index is -4.37. The summed E-state index contributed by atoms with van der Waals surface area (Å²) < 4.78 is 40.1. The molecule has 1 aromatic heterocycles. The van der Waals surface area contributed by atoms with Gasteiger partial charge in [-0.3, -0.25) is 9.69 Å². The average molecular weight is 521 g/mol. The fourth-order valence-corrected chi connectivity index (χ4v) is 5.87. The normalized spacial score (nSPS) is 17.2. The van der Waals surface area contributed by atoms with E-state index >= 15 is 0 Å². The second-order valence-electron chi connectivity index (χ2n) is 9.84. The van der Waals surface area contributed by atoms with Gasteiger partial charge in [-0.1, -0.05) is 31.3 Å². The van der Waals surface area contributed by atoms with Gasteiger partial charge in [0.25, 0.3) is 0 Å². The molecule has 10 heteroatoms. The van der Waals surface area contributed by atoms with Gasteiger partial charge in [-0.05, 0) is 60.7 Å². The molecule has 0 spiro atoms. The Bertz CT molecular complexity index is 1230. The summed E-state index contributed by atoms with van der Waals surface area (Å²) in [6.07, 6.45) is -3.43. The van der Waals surface area contributed by atoms with Crippen LogP contribution in [0, 0.1) is 12.8 Å². The first-order valence-corrected chi connectivity index (χ1v) is 12.8. The van der Waals surface area contributed by atoms with Crippen LogP contribution in [0.15, 0.2) is 36.4 Å². The van der Waals surface area contributed by atoms with Crippen LogP contribution in [-0.4, -0.2) is 53.2 Å². The number of benzene rings is 2. The van der Waals surface area contributed by atoms with Crippen molar-refractivity contribution in [3.8, 4) is 0 Å². The van der Waals surface area contributed by atoms with E-state index in [4.69, 9.17) is 5.11 Å². The topological polar surface area (TPSA) is 68.7 Å². The second-order valence-corrected chi connectivity index (χ2v) is 10.9. The third-order valence-corrected chi connectivity index (χ3v) is 7.30. The number of aromatic nitrogens is 1. The van der Waals surface area contributed by atoms with Gasteiger partial charge in [0.1, 0.15) is 6.54 Å². The van der Waals surface area contributed by atoms with Gasteiger partial charge in [-0.25, -0.2) is 4.98 Å². The van der Waals surface area contributed by atoms with Crippen molar-refractivity contribution >= 4 is 38.3 Å². The lowest BCUT2D eigenvalue weighted by atomic mass is 10.00. The molecule has 2 aromatic carbocycles. The summed E-state index contributed by atoms with van der Waals surface area (Å²) in [5.41, 5.74) is 2.90. The van der Waals surface area contributed by atoms with Gasteiger partial charge in [0.05, 0.1) is 15.8 Å². The highest BCUT2D eigenvalue weighted by Gasteiger charge is 2.32. The Morgan fingerprint density at radius 1 is 1.22 bits per heavy atom. The molecule has 0 bridgehead atoms. The Kier molecular flexibility index (Phi) is 7.75. The molecule has 0 saturated carbocycles. The third-order valence-electron chi connectivity index (χ3n) is 6.25. The van der Waals surface area contributed by atoms with Gasteiger partial charge in [0.15, 0.2) is 5.13 Å². The number of carbonyl (C=O) groups is 1. The van der Waals surface area contributed by atoms with E-state index in [1.54, 1.807) is 0 Å². The van der Waals surface area contributed by atoms with Crippen molar-refractivity contribution in [1.29, 1.82) is 0 Å². The zero-order valence-electron chi connectivity index (χ0n) is 20.6. The standard InChI is InChI=1S/C26H31F3N4O2S/c1-16(2)8-21-15-32(14-18-9-17(3)10-20(11-18)30-13-24(34)35)6-7-33(21)25-31-22-5-4-19(26(27,28)29)12-23(22)36-25/h4-5,9-12,16,21,30H,6-8,13-15H2,1-3H3,(H,34,35)/t21-/m1/s1. The summed E-state index contributed by atoms with van der Waals surface area (Å²) >= 11 is 1.32. The molecular weight excluding hydrogens is 489 g/mol. The van der Waals surface area contributed by atoms with E-state index in [1.165, 1.54) is 23.5 Å². The Morgan fingerprint density at radius 3 is 2.69 bits per heavy atom. The quantitative estimate of drug-likeness (QED) is 0.388. The number of hydrogen-bond donors (Lipinski definition) is 2. The SMILES string of the molecule is Cc1cc(CN2CCN(c3nc4ccc(C(F)(F)F)cc4s3)[C@H](CC(C)C)C2)cc(NCC(=O)O)c1. The zero-order valence-corrected chi connectivity index (χ0v) is 21.4. The molecule has 1 aliphatic rings. The van der Waals surface area contributed by atoms with Crippen molar-refractivity contribution in [2.75, 3.05) is 36.4 Å². The minimum absolute atomic E-state index is 0.134. The van der Waals surface area contributed by atoms with Crippen molar-refractivity contribution < 1.29 is 23.1 Å². The lowest BCUT2D eigenvalue weighted by molar-refractivity contribution is -0.137. The summed E-state index contributed by atoms with van der Waals surface area (Å²) in [6, 6.07) is 9.97. The maximum Gasteiger partial charge on any atom is 0.416 e. The molecule has 1 aliphatic heterocycles. The maximum absolute atomic E-state index is 13.2. The van der Waals surface area contributed by atoms with E-state index in [1.807, 2.05) is 19.1 Å². The first kappa shape index (κ1) is 26.2. The van der Waals surface area contributed by atoms with Gasteiger partial charge in [0.2, 0.25) is 0 Å². The van der Waals surface area contributed by atoms with Gasteiger partial charge in [-0.15, -0.1) is 0 Å². The Labute approximate surface area is 212 Å². The number of halogens is 3. The van der Waals surface area contributed by atoms with Crippen molar-refractivity contribution in [3.63, 3.8) is 0 Å². The number of aryl methyl sites for hydroxylation is 1. The number of aliphatic carboxylic acids is 1. The van der Waals surface area contributed by atoms with E-state index in [9.17, 15) is 18.0 Å². The van der Waals surface area contributed by atoms with Crippen LogP contribution in [0.4, 0.5) is 24.0 Å². The van der Waals surface area contributed by atoms with Crippen LogP contribution >= 0.6 is 11.3 Å².